The molecule has 4 nitrogen and oxygen atoms in total. The SMILES string of the molecule is Cc1[nH]c2c(C(=O)NCCc3cccnc3)cccc2c1C. The van der Waals surface area contributed by atoms with Gasteiger partial charge >= 0.3 is 0 Å². The van der Waals surface area contributed by atoms with Crippen LogP contribution in [0.2, 0.25) is 0 Å². The molecule has 2 N–H and O–H groups in total. The molecular weight excluding hydrogens is 274 g/mol. The minimum Gasteiger partial charge on any atom is -0.358 e. The predicted molar refractivity (Wildman–Crippen MR) is 88.0 cm³/mol. The van der Waals surface area contributed by atoms with Crippen molar-refractivity contribution in [2.24, 2.45) is 0 Å². The van der Waals surface area contributed by atoms with Crippen molar-refractivity contribution in [2.75, 3.05) is 6.54 Å². The summed E-state index contributed by atoms with van der Waals surface area (Å²) in [6.45, 7) is 4.69. The molecule has 0 fully saturated rings. The van der Waals surface area contributed by atoms with Crippen molar-refractivity contribution in [3.05, 3.63) is 65.1 Å². The Morgan fingerprint density at radius 2 is 2.09 bits per heavy atom. The summed E-state index contributed by atoms with van der Waals surface area (Å²) in [5, 5.41) is 4.09. The van der Waals surface area contributed by atoms with Crippen molar-refractivity contribution in [3.8, 4) is 0 Å². The number of para-hydroxylation sites is 1. The number of carbonyl (C=O) groups is 1. The average molecular weight is 293 g/mol. The lowest BCUT2D eigenvalue weighted by atomic mass is 10.1. The maximum absolute atomic E-state index is 12.4. The number of H-pyrrole nitrogens is 1. The number of pyridine rings is 1. The number of benzene rings is 1. The molecule has 0 aliphatic heterocycles. The minimum atomic E-state index is -0.0456. The van der Waals surface area contributed by atoms with Crippen LogP contribution in [0, 0.1) is 13.8 Å². The van der Waals surface area contributed by atoms with Crippen LogP contribution in [0.1, 0.15) is 27.2 Å². The van der Waals surface area contributed by atoms with Crippen molar-refractivity contribution in [3.63, 3.8) is 0 Å². The quantitative estimate of drug-likeness (QED) is 0.776. The zero-order chi connectivity index (χ0) is 15.5. The number of amides is 1. The second-order valence-electron chi connectivity index (χ2n) is 5.47. The Morgan fingerprint density at radius 3 is 2.86 bits per heavy atom. The molecule has 22 heavy (non-hydrogen) atoms. The molecule has 0 spiro atoms. The first-order chi connectivity index (χ1) is 10.7. The number of aromatic nitrogens is 2. The molecule has 3 aromatic rings. The van der Waals surface area contributed by atoms with Crippen LogP contribution in [0.4, 0.5) is 0 Å². The van der Waals surface area contributed by atoms with Gasteiger partial charge in [0.2, 0.25) is 0 Å². The Morgan fingerprint density at radius 1 is 1.23 bits per heavy atom. The fourth-order valence-electron chi connectivity index (χ4n) is 2.63. The summed E-state index contributed by atoms with van der Waals surface area (Å²) in [5.41, 5.74) is 5.02. The first-order valence-electron chi connectivity index (χ1n) is 7.42. The van der Waals surface area contributed by atoms with Crippen LogP contribution < -0.4 is 5.32 Å². The smallest absolute Gasteiger partial charge is 0.253 e. The number of hydrogen-bond donors (Lipinski definition) is 2. The lowest BCUT2D eigenvalue weighted by Gasteiger charge is -2.06. The fourth-order valence-corrected chi connectivity index (χ4v) is 2.63. The molecule has 1 amide bonds. The summed E-state index contributed by atoms with van der Waals surface area (Å²) in [5.74, 6) is -0.0456. The highest BCUT2D eigenvalue weighted by Gasteiger charge is 2.13. The van der Waals surface area contributed by atoms with E-state index in [1.165, 1.54) is 5.56 Å². The van der Waals surface area contributed by atoms with E-state index >= 15 is 0 Å². The molecule has 112 valence electrons. The largest absolute Gasteiger partial charge is 0.358 e. The fraction of sp³-hybridized carbons (Fsp3) is 0.222. The van der Waals surface area contributed by atoms with Gasteiger partial charge in [-0.1, -0.05) is 18.2 Å². The third kappa shape index (κ3) is 2.72. The normalized spacial score (nSPS) is 10.8. The molecular formula is C18H19N3O. The Balaban J connectivity index is 1.74. The summed E-state index contributed by atoms with van der Waals surface area (Å²) < 4.78 is 0. The van der Waals surface area contributed by atoms with Gasteiger partial charge in [0.15, 0.2) is 0 Å². The van der Waals surface area contributed by atoms with Crippen LogP contribution >= 0.6 is 0 Å². The number of rotatable bonds is 4. The molecule has 0 bridgehead atoms. The van der Waals surface area contributed by atoms with Crippen molar-refractivity contribution in [1.29, 1.82) is 0 Å². The maximum Gasteiger partial charge on any atom is 0.253 e. The molecule has 0 saturated heterocycles. The second kappa shape index (κ2) is 6.02. The lowest BCUT2D eigenvalue weighted by molar-refractivity contribution is 0.0955. The van der Waals surface area contributed by atoms with E-state index in [1.807, 2.05) is 43.5 Å². The molecule has 0 unspecified atom stereocenters. The Kier molecular flexibility index (Phi) is 3.92. The molecule has 3 rings (SSSR count). The molecule has 0 atom stereocenters. The van der Waals surface area contributed by atoms with Gasteiger partial charge in [-0.2, -0.15) is 0 Å². The maximum atomic E-state index is 12.4. The molecule has 0 aliphatic rings. The molecule has 0 radical (unpaired) electrons. The number of nitrogens with zero attached hydrogens (tertiary/aromatic N) is 1. The van der Waals surface area contributed by atoms with Crippen molar-refractivity contribution in [2.45, 2.75) is 20.3 Å². The summed E-state index contributed by atoms with van der Waals surface area (Å²) >= 11 is 0. The van der Waals surface area contributed by atoms with E-state index in [0.717, 1.165) is 28.6 Å². The van der Waals surface area contributed by atoms with Gasteiger partial charge < -0.3 is 10.3 Å². The molecule has 4 heteroatoms. The highest BCUT2D eigenvalue weighted by Crippen LogP contribution is 2.24. The van der Waals surface area contributed by atoms with E-state index in [1.54, 1.807) is 6.20 Å². The Hall–Kier alpha value is -2.62. The van der Waals surface area contributed by atoms with Crippen LogP contribution in [0.25, 0.3) is 10.9 Å². The average Bonchev–Trinajstić information content (AvgIpc) is 2.83. The molecule has 2 heterocycles. The number of fused-ring (bicyclic) bond motifs is 1. The van der Waals surface area contributed by atoms with Crippen LogP contribution in [0.15, 0.2) is 42.7 Å². The monoisotopic (exact) mass is 293 g/mol. The topological polar surface area (TPSA) is 57.8 Å². The Labute approximate surface area is 129 Å². The van der Waals surface area contributed by atoms with Gasteiger partial charge in [0, 0.05) is 30.0 Å². The molecule has 2 aromatic heterocycles. The molecule has 1 aromatic carbocycles. The van der Waals surface area contributed by atoms with Gasteiger partial charge in [-0.25, -0.2) is 0 Å². The first-order valence-corrected chi connectivity index (χ1v) is 7.42. The van der Waals surface area contributed by atoms with E-state index in [2.05, 4.69) is 22.2 Å². The highest BCUT2D eigenvalue weighted by atomic mass is 16.1. The zero-order valence-electron chi connectivity index (χ0n) is 12.8. The summed E-state index contributed by atoms with van der Waals surface area (Å²) in [4.78, 5) is 19.8. The number of aryl methyl sites for hydroxylation is 2. The third-order valence-electron chi connectivity index (χ3n) is 4.01. The van der Waals surface area contributed by atoms with E-state index < -0.39 is 0 Å². The number of hydrogen-bond acceptors (Lipinski definition) is 2. The van der Waals surface area contributed by atoms with E-state index in [0.29, 0.717) is 12.1 Å². The van der Waals surface area contributed by atoms with Gasteiger partial charge in [-0.15, -0.1) is 0 Å². The summed E-state index contributed by atoms with van der Waals surface area (Å²) in [6.07, 6.45) is 4.35. The second-order valence-corrected chi connectivity index (χ2v) is 5.47. The highest BCUT2D eigenvalue weighted by molar-refractivity contribution is 6.06. The zero-order valence-corrected chi connectivity index (χ0v) is 12.8. The molecule has 0 aliphatic carbocycles. The van der Waals surface area contributed by atoms with Gasteiger partial charge in [0.05, 0.1) is 11.1 Å². The van der Waals surface area contributed by atoms with E-state index in [4.69, 9.17) is 0 Å². The standard InChI is InChI=1S/C18H19N3O/c1-12-13(2)21-17-15(12)6-3-7-16(17)18(22)20-10-8-14-5-4-9-19-11-14/h3-7,9,11,21H,8,10H2,1-2H3,(H,20,22). The summed E-state index contributed by atoms with van der Waals surface area (Å²) in [6, 6.07) is 9.75. The van der Waals surface area contributed by atoms with E-state index in [-0.39, 0.29) is 5.91 Å². The predicted octanol–water partition coefficient (Wildman–Crippen LogP) is 3.15. The van der Waals surface area contributed by atoms with Gasteiger partial charge in [-0.3, -0.25) is 9.78 Å². The Bertz CT molecular complexity index is 806. The van der Waals surface area contributed by atoms with E-state index in [9.17, 15) is 4.79 Å². The van der Waals surface area contributed by atoms with Crippen molar-refractivity contribution >= 4 is 16.8 Å². The first kappa shape index (κ1) is 14.3. The molecule has 0 saturated carbocycles. The van der Waals surface area contributed by atoms with Crippen LogP contribution in [0.3, 0.4) is 0 Å². The summed E-state index contributed by atoms with van der Waals surface area (Å²) in [7, 11) is 0. The van der Waals surface area contributed by atoms with Crippen LogP contribution in [0.5, 0.6) is 0 Å². The number of carbonyl (C=O) groups excluding carboxylic acids is 1. The van der Waals surface area contributed by atoms with Crippen molar-refractivity contribution < 1.29 is 4.79 Å². The van der Waals surface area contributed by atoms with Gasteiger partial charge in [0.1, 0.15) is 0 Å². The van der Waals surface area contributed by atoms with Gasteiger partial charge in [-0.05, 0) is 43.5 Å². The third-order valence-corrected chi connectivity index (χ3v) is 4.01. The van der Waals surface area contributed by atoms with Crippen molar-refractivity contribution in [1.82, 2.24) is 15.3 Å². The van der Waals surface area contributed by atoms with Crippen LogP contribution in [-0.2, 0) is 6.42 Å². The number of nitrogens with one attached hydrogen (secondary N) is 2. The van der Waals surface area contributed by atoms with Gasteiger partial charge in [0.25, 0.3) is 5.91 Å². The minimum absolute atomic E-state index is 0.0456. The number of aromatic amines is 1. The lowest BCUT2D eigenvalue weighted by Crippen LogP contribution is -2.25. The van der Waals surface area contributed by atoms with Crippen LogP contribution in [-0.4, -0.2) is 22.4 Å².